The maximum absolute atomic E-state index is 12.5. The number of aromatic nitrogens is 1. The molecule has 1 fully saturated rings. The van der Waals surface area contributed by atoms with E-state index in [-0.39, 0.29) is 13.2 Å². The van der Waals surface area contributed by atoms with Gasteiger partial charge in [-0.1, -0.05) is 78.1 Å². The van der Waals surface area contributed by atoms with Crippen molar-refractivity contribution in [2.24, 2.45) is 5.92 Å². The van der Waals surface area contributed by atoms with E-state index in [1.807, 2.05) is 6.07 Å². The molecule has 0 aliphatic carbocycles. The number of carbonyl (C=O) groups is 1. The van der Waals surface area contributed by atoms with E-state index in [9.17, 15) is 20.1 Å². The smallest absolute Gasteiger partial charge is 0.294 e. The molecule has 1 aliphatic heterocycles. The highest BCUT2D eigenvalue weighted by Gasteiger charge is 2.19. The van der Waals surface area contributed by atoms with Crippen molar-refractivity contribution in [3.63, 3.8) is 0 Å². The van der Waals surface area contributed by atoms with E-state index >= 15 is 0 Å². The standard InChI is InChI=1S/C28H48N5O5/c1-25(2)24-30-18-20-31(21-19-30)27-16-15-26(23-29-27)28(34)32(35)17-13-11-9-7-5-3-4-6-8-10-12-14-22-38-33(36)37/h15-16,23,25H,3-14,17-22,24H2,1-2H3/q-1. The third-order valence-electron chi connectivity index (χ3n) is 6.99. The van der Waals surface area contributed by atoms with Gasteiger partial charge in [0.1, 0.15) is 5.82 Å². The lowest BCUT2D eigenvalue weighted by atomic mass is 10.1. The molecule has 2 heterocycles. The van der Waals surface area contributed by atoms with Gasteiger partial charge in [0, 0.05) is 45.5 Å². The van der Waals surface area contributed by atoms with Crippen LogP contribution in [-0.2, 0) is 4.84 Å². The lowest BCUT2D eigenvalue weighted by Crippen LogP contribution is -2.47. The molecule has 1 aromatic heterocycles. The van der Waals surface area contributed by atoms with Gasteiger partial charge in [0.15, 0.2) is 0 Å². The van der Waals surface area contributed by atoms with Crippen LogP contribution in [0.5, 0.6) is 0 Å². The molecule has 0 N–H and O–H groups in total. The van der Waals surface area contributed by atoms with E-state index in [2.05, 4.69) is 33.5 Å². The predicted molar refractivity (Wildman–Crippen MR) is 150 cm³/mol. The number of pyridine rings is 1. The van der Waals surface area contributed by atoms with Gasteiger partial charge >= 0.3 is 0 Å². The van der Waals surface area contributed by atoms with E-state index in [0.29, 0.717) is 16.5 Å². The fraction of sp³-hybridized carbons (Fsp3) is 0.786. The van der Waals surface area contributed by atoms with Crippen molar-refractivity contribution in [3.8, 4) is 0 Å². The number of hydrogen-bond acceptors (Lipinski definition) is 8. The minimum Gasteiger partial charge on any atom is -0.756 e. The zero-order chi connectivity index (χ0) is 27.6. The molecule has 0 spiro atoms. The number of hydrogen-bond donors (Lipinski definition) is 0. The summed E-state index contributed by atoms with van der Waals surface area (Å²) in [6.45, 7) is 9.90. The average molecular weight is 535 g/mol. The van der Waals surface area contributed by atoms with Gasteiger partial charge in [-0.25, -0.2) is 4.98 Å². The van der Waals surface area contributed by atoms with Crippen LogP contribution in [0.15, 0.2) is 18.3 Å². The van der Waals surface area contributed by atoms with Crippen LogP contribution in [0.1, 0.15) is 101 Å². The summed E-state index contributed by atoms with van der Waals surface area (Å²) in [6.07, 6.45) is 14.3. The SMILES string of the molecule is CC(C)CN1CCN(c2ccc(C(=O)N([O-])CCCCCCCCCCCCCCO[N+](=O)[O-])cn2)CC1. The number of piperazine rings is 1. The van der Waals surface area contributed by atoms with Crippen LogP contribution < -0.4 is 4.90 Å². The van der Waals surface area contributed by atoms with Crippen LogP contribution in [0.4, 0.5) is 5.82 Å². The van der Waals surface area contributed by atoms with Gasteiger partial charge < -0.3 is 20.0 Å². The first-order valence-corrected chi connectivity index (χ1v) is 14.6. The topological polar surface area (TPSA) is 115 Å². The van der Waals surface area contributed by atoms with E-state index in [0.717, 1.165) is 83.5 Å². The molecule has 0 atom stereocenters. The summed E-state index contributed by atoms with van der Waals surface area (Å²) in [5.41, 5.74) is 0.354. The molecular weight excluding hydrogens is 486 g/mol. The Balaban J connectivity index is 1.48. The van der Waals surface area contributed by atoms with E-state index in [1.54, 1.807) is 6.07 Å². The van der Waals surface area contributed by atoms with Crippen molar-refractivity contribution < 1.29 is 14.7 Å². The van der Waals surface area contributed by atoms with Gasteiger partial charge in [-0.15, -0.1) is 10.1 Å². The van der Waals surface area contributed by atoms with Crippen LogP contribution in [0.2, 0.25) is 0 Å². The van der Waals surface area contributed by atoms with Crippen molar-refractivity contribution in [2.75, 3.05) is 50.8 Å². The second-order valence-electron chi connectivity index (χ2n) is 10.8. The fourth-order valence-corrected chi connectivity index (χ4v) is 4.89. The summed E-state index contributed by atoms with van der Waals surface area (Å²) in [6, 6.07) is 3.58. The quantitative estimate of drug-likeness (QED) is 0.119. The third-order valence-corrected chi connectivity index (χ3v) is 6.99. The minimum absolute atomic E-state index is 0.201. The fourth-order valence-electron chi connectivity index (χ4n) is 4.89. The Labute approximate surface area is 228 Å². The average Bonchev–Trinajstić information content (AvgIpc) is 2.90. The van der Waals surface area contributed by atoms with Gasteiger partial charge in [0.05, 0.1) is 12.2 Å². The van der Waals surface area contributed by atoms with Crippen molar-refractivity contribution in [1.29, 1.82) is 0 Å². The number of rotatable bonds is 20. The lowest BCUT2D eigenvalue weighted by molar-refractivity contribution is -0.757. The highest BCUT2D eigenvalue weighted by Crippen LogP contribution is 2.16. The Bertz CT molecular complexity index is 784. The second kappa shape index (κ2) is 18.7. The summed E-state index contributed by atoms with van der Waals surface area (Å²) in [5.74, 6) is 1.02. The maximum atomic E-state index is 12.5. The molecule has 10 heteroatoms. The minimum atomic E-state index is -0.732. The maximum Gasteiger partial charge on any atom is 0.294 e. The molecule has 1 aromatic rings. The van der Waals surface area contributed by atoms with Crippen molar-refractivity contribution >= 4 is 11.7 Å². The highest BCUT2D eigenvalue weighted by atomic mass is 16.9. The van der Waals surface area contributed by atoms with Gasteiger partial charge in [-0.2, -0.15) is 0 Å². The molecule has 38 heavy (non-hydrogen) atoms. The van der Waals surface area contributed by atoms with E-state index in [4.69, 9.17) is 0 Å². The summed E-state index contributed by atoms with van der Waals surface area (Å²) in [4.78, 5) is 36.0. The monoisotopic (exact) mass is 534 g/mol. The molecule has 1 amide bonds. The number of carbonyl (C=O) groups excluding carboxylic acids is 1. The number of anilines is 1. The number of unbranched alkanes of at least 4 members (excludes halogenated alkanes) is 11. The summed E-state index contributed by atoms with van der Waals surface area (Å²) >= 11 is 0. The van der Waals surface area contributed by atoms with Crippen LogP contribution in [0.25, 0.3) is 0 Å². The largest absolute Gasteiger partial charge is 0.756 e. The Kier molecular flexibility index (Phi) is 15.7. The first-order valence-electron chi connectivity index (χ1n) is 14.6. The van der Waals surface area contributed by atoms with E-state index < -0.39 is 11.0 Å². The number of hydroxylamine groups is 2. The molecular formula is C28H48N5O5-. The lowest BCUT2D eigenvalue weighted by Gasteiger charge is -2.36. The highest BCUT2D eigenvalue weighted by molar-refractivity contribution is 5.94. The molecule has 0 unspecified atom stereocenters. The van der Waals surface area contributed by atoms with Crippen LogP contribution >= 0.6 is 0 Å². The summed E-state index contributed by atoms with van der Waals surface area (Å²) in [5, 5.41) is 22.2. The van der Waals surface area contributed by atoms with Gasteiger partial charge in [-0.3, -0.25) is 9.69 Å². The summed E-state index contributed by atoms with van der Waals surface area (Å²) in [7, 11) is 0. The van der Waals surface area contributed by atoms with Crippen molar-refractivity contribution in [3.05, 3.63) is 39.2 Å². The molecule has 216 valence electrons. The van der Waals surface area contributed by atoms with Crippen LogP contribution in [0.3, 0.4) is 0 Å². The van der Waals surface area contributed by atoms with Crippen LogP contribution in [0, 0.1) is 21.2 Å². The van der Waals surface area contributed by atoms with Gasteiger partial charge in [0.2, 0.25) is 5.91 Å². The van der Waals surface area contributed by atoms with Gasteiger partial charge in [0.25, 0.3) is 5.09 Å². The Hall–Kier alpha value is -2.46. The van der Waals surface area contributed by atoms with Crippen molar-refractivity contribution in [2.45, 2.75) is 90.9 Å². The Morgan fingerprint density at radius 2 is 1.50 bits per heavy atom. The zero-order valence-electron chi connectivity index (χ0n) is 23.5. The Morgan fingerprint density at radius 3 is 2.00 bits per heavy atom. The third kappa shape index (κ3) is 13.4. The van der Waals surface area contributed by atoms with Gasteiger partial charge in [-0.05, 0) is 30.9 Å². The first-order chi connectivity index (χ1) is 18.4. The summed E-state index contributed by atoms with van der Waals surface area (Å²) < 4.78 is 0. The second-order valence-corrected chi connectivity index (χ2v) is 10.8. The molecule has 0 radical (unpaired) electrons. The van der Waals surface area contributed by atoms with E-state index in [1.165, 1.54) is 38.3 Å². The molecule has 1 aliphatic rings. The van der Waals surface area contributed by atoms with Crippen LogP contribution in [-0.4, -0.2) is 71.8 Å². The Morgan fingerprint density at radius 1 is 0.947 bits per heavy atom. The number of nitrogens with zero attached hydrogens (tertiary/aromatic N) is 5. The number of amides is 1. The van der Waals surface area contributed by atoms with Crippen molar-refractivity contribution in [1.82, 2.24) is 14.9 Å². The first kappa shape index (κ1) is 31.8. The predicted octanol–water partition coefficient (Wildman–Crippen LogP) is 5.69. The normalized spacial score (nSPS) is 14.2. The molecule has 10 nitrogen and oxygen atoms in total. The molecule has 0 bridgehead atoms. The zero-order valence-corrected chi connectivity index (χ0v) is 23.5. The molecule has 2 rings (SSSR count). The molecule has 0 aromatic carbocycles. The molecule has 0 saturated carbocycles. The molecule has 1 saturated heterocycles.